The SMILES string of the molecule is C=CCOc1c(OCCCCCC)c2ccc([N+](=O)[O-])cc2[nH]c1=O. The Morgan fingerprint density at radius 3 is 2.72 bits per heavy atom. The molecule has 1 aromatic heterocycles. The first-order valence-electron chi connectivity index (χ1n) is 8.29. The summed E-state index contributed by atoms with van der Waals surface area (Å²) in [6.07, 6.45) is 5.66. The molecule has 134 valence electrons. The van der Waals surface area contributed by atoms with Gasteiger partial charge in [-0.3, -0.25) is 14.9 Å². The van der Waals surface area contributed by atoms with E-state index in [9.17, 15) is 14.9 Å². The number of rotatable bonds is 10. The van der Waals surface area contributed by atoms with Gasteiger partial charge in [0.2, 0.25) is 5.75 Å². The average Bonchev–Trinajstić information content (AvgIpc) is 2.59. The van der Waals surface area contributed by atoms with Crippen molar-refractivity contribution in [3.63, 3.8) is 0 Å². The molecule has 1 heterocycles. The van der Waals surface area contributed by atoms with Gasteiger partial charge in [-0.15, -0.1) is 0 Å². The molecule has 0 saturated carbocycles. The van der Waals surface area contributed by atoms with Crippen molar-refractivity contribution in [2.24, 2.45) is 0 Å². The Morgan fingerprint density at radius 2 is 2.04 bits per heavy atom. The molecule has 0 amide bonds. The number of aromatic nitrogens is 1. The molecule has 0 fully saturated rings. The van der Waals surface area contributed by atoms with Gasteiger partial charge in [0.1, 0.15) is 6.61 Å². The molecule has 0 radical (unpaired) electrons. The number of hydrogen-bond acceptors (Lipinski definition) is 5. The van der Waals surface area contributed by atoms with E-state index >= 15 is 0 Å². The zero-order valence-electron chi connectivity index (χ0n) is 14.2. The van der Waals surface area contributed by atoms with Crippen molar-refractivity contribution in [1.82, 2.24) is 4.98 Å². The second kappa shape index (κ2) is 8.86. The van der Waals surface area contributed by atoms with Crippen molar-refractivity contribution < 1.29 is 14.4 Å². The lowest BCUT2D eigenvalue weighted by Crippen LogP contribution is -2.14. The van der Waals surface area contributed by atoms with E-state index in [1.165, 1.54) is 18.2 Å². The normalized spacial score (nSPS) is 10.6. The van der Waals surface area contributed by atoms with Gasteiger partial charge >= 0.3 is 0 Å². The molecule has 2 rings (SSSR count). The van der Waals surface area contributed by atoms with Gasteiger partial charge in [0.05, 0.1) is 17.0 Å². The highest BCUT2D eigenvalue weighted by molar-refractivity contribution is 5.88. The minimum atomic E-state index is -0.509. The third-order valence-electron chi connectivity index (χ3n) is 3.71. The second-order valence-corrected chi connectivity index (χ2v) is 5.61. The first-order chi connectivity index (χ1) is 12.1. The number of pyridine rings is 1. The Hall–Kier alpha value is -2.83. The molecule has 0 aliphatic rings. The topological polar surface area (TPSA) is 94.5 Å². The highest BCUT2D eigenvalue weighted by Gasteiger charge is 2.18. The number of nitrogens with one attached hydrogen (secondary N) is 1. The molecule has 0 saturated heterocycles. The summed E-state index contributed by atoms with van der Waals surface area (Å²) >= 11 is 0. The number of nitro groups is 1. The summed E-state index contributed by atoms with van der Waals surface area (Å²) in [5.74, 6) is 0.378. The van der Waals surface area contributed by atoms with Crippen LogP contribution in [0.1, 0.15) is 32.6 Å². The number of nitro benzene ring substituents is 1. The van der Waals surface area contributed by atoms with Crippen LogP contribution >= 0.6 is 0 Å². The highest BCUT2D eigenvalue weighted by atomic mass is 16.6. The van der Waals surface area contributed by atoms with Gasteiger partial charge in [0.25, 0.3) is 11.2 Å². The minimum absolute atomic E-state index is 0.0664. The van der Waals surface area contributed by atoms with Crippen molar-refractivity contribution in [3.05, 3.63) is 51.3 Å². The molecule has 0 unspecified atom stereocenters. The summed E-state index contributed by atoms with van der Waals surface area (Å²) in [6.45, 7) is 6.30. The number of aromatic amines is 1. The Balaban J connectivity index is 2.41. The van der Waals surface area contributed by atoms with Gasteiger partial charge in [0, 0.05) is 17.5 Å². The number of hydrogen-bond donors (Lipinski definition) is 1. The van der Waals surface area contributed by atoms with E-state index in [-0.39, 0.29) is 18.0 Å². The second-order valence-electron chi connectivity index (χ2n) is 5.61. The summed E-state index contributed by atoms with van der Waals surface area (Å²) in [7, 11) is 0. The number of H-pyrrole nitrogens is 1. The summed E-state index contributed by atoms with van der Waals surface area (Å²) < 4.78 is 11.3. The maximum Gasteiger partial charge on any atom is 0.294 e. The van der Waals surface area contributed by atoms with Gasteiger partial charge in [-0.25, -0.2) is 0 Å². The van der Waals surface area contributed by atoms with Crippen LogP contribution in [0.4, 0.5) is 5.69 Å². The third-order valence-corrected chi connectivity index (χ3v) is 3.71. The Labute approximate surface area is 145 Å². The Bertz CT molecular complexity index is 813. The van der Waals surface area contributed by atoms with Crippen LogP contribution < -0.4 is 15.0 Å². The summed E-state index contributed by atoms with van der Waals surface area (Å²) in [4.78, 5) is 25.4. The maximum atomic E-state index is 12.3. The first kappa shape index (κ1) is 18.5. The van der Waals surface area contributed by atoms with Crippen LogP contribution in [0, 0.1) is 10.1 Å². The molecular formula is C18H22N2O5. The maximum absolute atomic E-state index is 12.3. The van der Waals surface area contributed by atoms with E-state index in [0.717, 1.165) is 25.7 Å². The summed E-state index contributed by atoms with van der Waals surface area (Å²) in [6, 6.07) is 4.26. The van der Waals surface area contributed by atoms with Crippen molar-refractivity contribution >= 4 is 16.6 Å². The van der Waals surface area contributed by atoms with Crippen LogP contribution in [0.5, 0.6) is 11.5 Å². The van der Waals surface area contributed by atoms with E-state index in [4.69, 9.17) is 9.47 Å². The van der Waals surface area contributed by atoms with Gasteiger partial charge < -0.3 is 14.5 Å². The van der Waals surface area contributed by atoms with Gasteiger partial charge in [-0.2, -0.15) is 0 Å². The van der Waals surface area contributed by atoms with Crippen molar-refractivity contribution in [2.45, 2.75) is 32.6 Å². The first-order valence-corrected chi connectivity index (χ1v) is 8.29. The average molecular weight is 346 g/mol. The van der Waals surface area contributed by atoms with Crippen molar-refractivity contribution in [2.75, 3.05) is 13.2 Å². The lowest BCUT2D eigenvalue weighted by atomic mass is 10.1. The van der Waals surface area contributed by atoms with Crippen LogP contribution in [0.25, 0.3) is 10.9 Å². The molecule has 7 nitrogen and oxygen atoms in total. The number of non-ortho nitro benzene ring substituents is 1. The zero-order chi connectivity index (χ0) is 18.2. The van der Waals surface area contributed by atoms with E-state index < -0.39 is 10.5 Å². The standard InChI is InChI=1S/C18H22N2O5/c1-3-5-6-7-11-25-16-14-9-8-13(20(22)23)12-15(14)19-18(21)17(16)24-10-4-2/h4,8-9,12H,2-3,5-7,10-11H2,1H3,(H,19,21). The van der Waals surface area contributed by atoms with E-state index in [1.807, 2.05) is 0 Å². The van der Waals surface area contributed by atoms with Crippen LogP contribution in [0.3, 0.4) is 0 Å². The van der Waals surface area contributed by atoms with Gasteiger partial charge in [-0.1, -0.05) is 38.8 Å². The number of unbranched alkanes of at least 4 members (excludes halogenated alkanes) is 3. The fraction of sp³-hybridized carbons (Fsp3) is 0.389. The fourth-order valence-electron chi connectivity index (χ4n) is 2.47. The number of ether oxygens (including phenoxy) is 2. The van der Waals surface area contributed by atoms with Crippen LogP contribution in [0.15, 0.2) is 35.6 Å². The molecule has 7 heteroatoms. The van der Waals surface area contributed by atoms with Crippen LogP contribution in [-0.2, 0) is 0 Å². The Kier molecular flexibility index (Phi) is 6.56. The van der Waals surface area contributed by atoms with Crippen LogP contribution in [-0.4, -0.2) is 23.1 Å². The molecule has 0 aliphatic carbocycles. The molecule has 1 aromatic carbocycles. The van der Waals surface area contributed by atoms with E-state index in [0.29, 0.717) is 23.3 Å². The molecule has 0 atom stereocenters. The molecule has 2 aromatic rings. The lowest BCUT2D eigenvalue weighted by molar-refractivity contribution is -0.384. The largest absolute Gasteiger partial charge is 0.489 e. The molecule has 1 N–H and O–H groups in total. The van der Waals surface area contributed by atoms with Crippen molar-refractivity contribution in [3.8, 4) is 11.5 Å². The van der Waals surface area contributed by atoms with E-state index in [2.05, 4.69) is 18.5 Å². The van der Waals surface area contributed by atoms with Gasteiger partial charge in [0.15, 0.2) is 5.75 Å². The highest BCUT2D eigenvalue weighted by Crippen LogP contribution is 2.33. The number of fused-ring (bicyclic) bond motifs is 1. The van der Waals surface area contributed by atoms with Crippen LogP contribution in [0.2, 0.25) is 0 Å². The van der Waals surface area contributed by atoms with Gasteiger partial charge in [-0.05, 0) is 12.5 Å². The molecular weight excluding hydrogens is 324 g/mol. The number of nitrogens with zero attached hydrogens (tertiary/aromatic N) is 1. The van der Waals surface area contributed by atoms with Crippen molar-refractivity contribution in [1.29, 1.82) is 0 Å². The third kappa shape index (κ3) is 4.59. The summed E-state index contributed by atoms with van der Waals surface area (Å²) in [5, 5.41) is 11.5. The molecule has 0 spiro atoms. The summed E-state index contributed by atoms with van der Waals surface area (Å²) in [5.41, 5.74) is -0.246. The smallest absolute Gasteiger partial charge is 0.294 e. The monoisotopic (exact) mass is 346 g/mol. The zero-order valence-corrected chi connectivity index (χ0v) is 14.2. The molecule has 25 heavy (non-hydrogen) atoms. The predicted octanol–water partition coefficient (Wildman–Crippen LogP) is 3.96. The molecule has 0 aliphatic heterocycles. The van der Waals surface area contributed by atoms with E-state index in [1.54, 1.807) is 6.07 Å². The minimum Gasteiger partial charge on any atom is -0.489 e. The fourth-order valence-corrected chi connectivity index (χ4v) is 2.47. The number of benzene rings is 1. The molecule has 0 bridgehead atoms. The predicted molar refractivity (Wildman–Crippen MR) is 96.6 cm³/mol. The lowest BCUT2D eigenvalue weighted by Gasteiger charge is -2.14. The quantitative estimate of drug-likeness (QED) is 0.304. The Morgan fingerprint density at radius 1 is 1.24 bits per heavy atom.